The molecule has 1 amide bonds. The Labute approximate surface area is 136 Å². The summed E-state index contributed by atoms with van der Waals surface area (Å²) in [5, 5.41) is 0. The normalized spacial score (nSPS) is 16.4. The Morgan fingerprint density at radius 3 is 2.74 bits per heavy atom. The van der Waals surface area contributed by atoms with Gasteiger partial charge in [0.15, 0.2) is 5.76 Å². The van der Waals surface area contributed by atoms with E-state index in [1.54, 1.807) is 23.2 Å². The highest BCUT2D eigenvalue weighted by atomic mass is 16.3. The molecule has 0 saturated carbocycles. The molecular weight excluding hydrogens is 290 g/mol. The van der Waals surface area contributed by atoms with Crippen LogP contribution in [0.15, 0.2) is 41.1 Å². The van der Waals surface area contributed by atoms with E-state index in [-0.39, 0.29) is 11.9 Å². The summed E-state index contributed by atoms with van der Waals surface area (Å²) < 4.78 is 5.32. The predicted molar refractivity (Wildman–Crippen MR) is 89.3 cm³/mol. The molecule has 3 rings (SSSR count). The molecule has 0 atom stereocenters. The van der Waals surface area contributed by atoms with Gasteiger partial charge < -0.3 is 9.32 Å². The summed E-state index contributed by atoms with van der Waals surface area (Å²) in [6.45, 7) is 8.63. The van der Waals surface area contributed by atoms with E-state index in [2.05, 4.69) is 16.8 Å². The van der Waals surface area contributed by atoms with Crippen molar-refractivity contribution in [2.75, 3.05) is 24.5 Å². The third-order valence-corrected chi connectivity index (χ3v) is 4.33. The van der Waals surface area contributed by atoms with Crippen molar-refractivity contribution in [1.29, 1.82) is 0 Å². The summed E-state index contributed by atoms with van der Waals surface area (Å²) in [5.41, 5.74) is 1.08. The molecule has 23 heavy (non-hydrogen) atoms. The van der Waals surface area contributed by atoms with Crippen molar-refractivity contribution >= 4 is 11.7 Å². The SMILES string of the molecule is [CH2]CN1CCC(N(C(=O)c2ccco2)c2ccc(C)cn2)CC1. The van der Waals surface area contributed by atoms with Crippen molar-refractivity contribution in [3.63, 3.8) is 0 Å². The molecule has 1 fully saturated rings. The number of amides is 1. The largest absolute Gasteiger partial charge is 0.459 e. The lowest BCUT2D eigenvalue weighted by Gasteiger charge is -2.37. The Kier molecular flexibility index (Phi) is 4.76. The smallest absolute Gasteiger partial charge is 0.295 e. The van der Waals surface area contributed by atoms with Gasteiger partial charge >= 0.3 is 0 Å². The third kappa shape index (κ3) is 3.45. The number of anilines is 1. The molecule has 1 saturated heterocycles. The van der Waals surface area contributed by atoms with Crippen LogP contribution in [0.25, 0.3) is 0 Å². The van der Waals surface area contributed by atoms with Crippen LogP contribution in [0.4, 0.5) is 5.82 Å². The van der Waals surface area contributed by atoms with Crippen LogP contribution in [0.2, 0.25) is 0 Å². The maximum Gasteiger partial charge on any atom is 0.295 e. The molecule has 2 aromatic rings. The van der Waals surface area contributed by atoms with Gasteiger partial charge in [0.25, 0.3) is 5.91 Å². The number of carbonyl (C=O) groups excluding carboxylic acids is 1. The number of hydrogen-bond acceptors (Lipinski definition) is 4. The molecule has 5 heteroatoms. The average Bonchev–Trinajstić information content (AvgIpc) is 3.12. The van der Waals surface area contributed by atoms with Crippen LogP contribution in [-0.2, 0) is 0 Å². The van der Waals surface area contributed by atoms with Gasteiger partial charge in [-0.3, -0.25) is 9.69 Å². The van der Waals surface area contributed by atoms with Crippen molar-refractivity contribution in [2.24, 2.45) is 0 Å². The second kappa shape index (κ2) is 6.96. The number of carbonyl (C=O) groups is 1. The lowest BCUT2D eigenvalue weighted by atomic mass is 10.0. The Morgan fingerprint density at radius 1 is 1.39 bits per heavy atom. The lowest BCUT2D eigenvalue weighted by Crippen LogP contribution is -2.48. The van der Waals surface area contributed by atoms with E-state index < -0.39 is 0 Å². The van der Waals surface area contributed by atoms with Crippen LogP contribution in [0, 0.1) is 13.8 Å². The van der Waals surface area contributed by atoms with E-state index >= 15 is 0 Å². The molecule has 0 N–H and O–H groups in total. The number of aryl methyl sites for hydroxylation is 1. The number of nitrogens with zero attached hydrogens (tertiary/aromatic N) is 3. The van der Waals surface area contributed by atoms with Gasteiger partial charge in [0.2, 0.25) is 0 Å². The van der Waals surface area contributed by atoms with E-state index in [1.807, 2.05) is 19.1 Å². The first-order chi connectivity index (χ1) is 11.2. The second-order valence-electron chi connectivity index (χ2n) is 5.92. The number of likely N-dealkylation sites (tertiary alicyclic amines) is 1. The van der Waals surface area contributed by atoms with Gasteiger partial charge in [-0.15, -0.1) is 0 Å². The number of aromatic nitrogens is 1. The number of pyridine rings is 1. The fraction of sp³-hybridized carbons (Fsp3) is 0.389. The highest BCUT2D eigenvalue weighted by Gasteiger charge is 2.31. The van der Waals surface area contributed by atoms with Crippen LogP contribution in [-0.4, -0.2) is 41.5 Å². The van der Waals surface area contributed by atoms with Gasteiger partial charge in [-0.1, -0.05) is 6.07 Å². The molecule has 0 unspecified atom stereocenters. The summed E-state index contributed by atoms with van der Waals surface area (Å²) in [4.78, 5) is 21.5. The quantitative estimate of drug-likeness (QED) is 0.871. The van der Waals surface area contributed by atoms with Crippen molar-refractivity contribution < 1.29 is 9.21 Å². The van der Waals surface area contributed by atoms with Gasteiger partial charge in [-0.05, 0) is 57.0 Å². The first-order valence-corrected chi connectivity index (χ1v) is 8.00. The molecule has 1 radical (unpaired) electrons. The van der Waals surface area contributed by atoms with Crippen LogP contribution in [0.3, 0.4) is 0 Å². The predicted octanol–water partition coefficient (Wildman–Crippen LogP) is 2.93. The summed E-state index contributed by atoms with van der Waals surface area (Å²) >= 11 is 0. The highest BCUT2D eigenvalue weighted by molar-refractivity contribution is 6.04. The summed E-state index contributed by atoms with van der Waals surface area (Å²) in [6, 6.07) is 7.46. The summed E-state index contributed by atoms with van der Waals surface area (Å²) in [5.74, 6) is 0.913. The molecular formula is C18H22N3O2. The molecule has 0 aromatic carbocycles. The molecule has 1 aliphatic heterocycles. The van der Waals surface area contributed by atoms with Crippen LogP contribution >= 0.6 is 0 Å². The minimum Gasteiger partial charge on any atom is -0.459 e. The molecule has 2 aromatic heterocycles. The van der Waals surface area contributed by atoms with Crippen LogP contribution < -0.4 is 4.90 Å². The van der Waals surface area contributed by atoms with Gasteiger partial charge in [0.05, 0.1) is 6.26 Å². The van der Waals surface area contributed by atoms with Crippen molar-refractivity contribution in [1.82, 2.24) is 9.88 Å². The number of piperidine rings is 1. The van der Waals surface area contributed by atoms with Crippen molar-refractivity contribution in [3.05, 3.63) is 55.0 Å². The van der Waals surface area contributed by atoms with Crippen molar-refractivity contribution in [3.8, 4) is 0 Å². The fourth-order valence-corrected chi connectivity index (χ4v) is 2.98. The minimum absolute atomic E-state index is 0.126. The Balaban J connectivity index is 1.87. The first kappa shape index (κ1) is 15.7. The zero-order chi connectivity index (χ0) is 16.2. The zero-order valence-corrected chi connectivity index (χ0v) is 13.4. The molecule has 0 bridgehead atoms. The summed E-state index contributed by atoms with van der Waals surface area (Å²) in [7, 11) is 0. The zero-order valence-electron chi connectivity index (χ0n) is 13.4. The second-order valence-corrected chi connectivity index (χ2v) is 5.92. The standard InChI is InChI=1S/C18H22N3O2/c1-3-20-10-8-15(9-11-20)21(17-7-6-14(2)13-19-17)18(22)16-5-4-12-23-16/h4-7,12-13,15H,1,3,8-11H2,2H3. The summed E-state index contributed by atoms with van der Waals surface area (Å²) in [6.07, 6.45) is 5.15. The van der Waals surface area contributed by atoms with Gasteiger partial charge in [-0.25, -0.2) is 4.98 Å². The van der Waals surface area contributed by atoms with Gasteiger partial charge in [0, 0.05) is 25.3 Å². The fourth-order valence-electron chi connectivity index (χ4n) is 2.98. The van der Waals surface area contributed by atoms with Crippen LogP contribution in [0.5, 0.6) is 0 Å². The first-order valence-electron chi connectivity index (χ1n) is 8.00. The molecule has 121 valence electrons. The Morgan fingerprint density at radius 2 is 2.17 bits per heavy atom. The molecule has 0 aliphatic carbocycles. The molecule has 5 nitrogen and oxygen atoms in total. The van der Waals surface area contributed by atoms with Crippen molar-refractivity contribution in [2.45, 2.75) is 25.8 Å². The van der Waals surface area contributed by atoms with Gasteiger partial charge in [0.1, 0.15) is 5.82 Å². The van der Waals surface area contributed by atoms with Gasteiger partial charge in [-0.2, -0.15) is 0 Å². The topological polar surface area (TPSA) is 49.6 Å². The highest BCUT2D eigenvalue weighted by Crippen LogP contribution is 2.24. The minimum atomic E-state index is -0.126. The maximum atomic E-state index is 12.9. The monoisotopic (exact) mass is 312 g/mol. The number of hydrogen-bond donors (Lipinski definition) is 0. The Hall–Kier alpha value is -2.14. The van der Waals surface area contributed by atoms with E-state index in [1.165, 1.54) is 6.26 Å². The van der Waals surface area contributed by atoms with E-state index in [4.69, 9.17) is 4.42 Å². The van der Waals surface area contributed by atoms with E-state index in [9.17, 15) is 4.79 Å². The lowest BCUT2D eigenvalue weighted by molar-refractivity contribution is 0.0934. The number of furan rings is 1. The molecule has 3 heterocycles. The number of rotatable bonds is 4. The third-order valence-electron chi connectivity index (χ3n) is 4.33. The van der Waals surface area contributed by atoms with E-state index in [0.717, 1.165) is 38.0 Å². The van der Waals surface area contributed by atoms with Crippen LogP contribution in [0.1, 0.15) is 29.0 Å². The Bertz CT molecular complexity index is 629. The van der Waals surface area contributed by atoms with E-state index in [0.29, 0.717) is 11.6 Å². The molecule has 1 aliphatic rings. The maximum absolute atomic E-state index is 12.9. The average molecular weight is 312 g/mol. The molecule has 0 spiro atoms.